The topological polar surface area (TPSA) is 87.5 Å². The number of rotatable bonds is 6. The van der Waals surface area contributed by atoms with Gasteiger partial charge in [-0.3, -0.25) is 10.9 Å². The van der Waals surface area contributed by atoms with Crippen molar-refractivity contribution in [3.63, 3.8) is 0 Å². The van der Waals surface area contributed by atoms with Crippen molar-refractivity contribution >= 4 is 22.4 Å². The molecule has 0 aromatic heterocycles. The maximum atomic E-state index is 12.7. The van der Waals surface area contributed by atoms with Crippen LogP contribution in [-0.2, 0) is 16.6 Å². The monoisotopic (exact) mass is 334 g/mol. The van der Waals surface area contributed by atoms with Crippen molar-refractivity contribution < 1.29 is 8.42 Å². The fourth-order valence-corrected chi connectivity index (χ4v) is 4.32. The van der Waals surface area contributed by atoms with E-state index in [0.29, 0.717) is 26.2 Å². The quantitative estimate of drug-likeness (QED) is 0.685. The Balaban J connectivity index is 0.00000220. The number of benzene rings is 1. The molecule has 0 amide bonds. The molecule has 0 radical (unpaired) electrons. The van der Waals surface area contributed by atoms with E-state index in [4.69, 9.17) is 5.73 Å². The first-order chi connectivity index (χ1) is 9.55. The lowest BCUT2D eigenvalue weighted by atomic mass is 10.2. The molecule has 0 saturated carbocycles. The van der Waals surface area contributed by atoms with Gasteiger partial charge in [0.1, 0.15) is 5.25 Å². The first-order valence-electron chi connectivity index (χ1n) is 6.77. The third-order valence-corrected chi connectivity index (χ3v) is 5.88. The van der Waals surface area contributed by atoms with Gasteiger partial charge in [0.2, 0.25) is 10.0 Å². The van der Waals surface area contributed by atoms with Crippen LogP contribution in [0.3, 0.4) is 0 Å². The maximum absolute atomic E-state index is 12.7. The Morgan fingerprint density at radius 2 is 2.00 bits per heavy atom. The highest BCUT2D eigenvalue weighted by Crippen LogP contribution is 2.17. The van der Waals surface area contributed by atoms with Gasteiger partial charge in [0.25, 0.3) is 0 Å². The molecule has 2 unspecified atom stereocenters. The van der Waals surface area contributed by atoms with Crippen LogP contribution < -0.4 is 16.6 Å². The Morgan fingerprint density at radius 1 is 1.33 bits per heavy atom. The van der Waals surface area contributed by atoms with Gasteiger partial charge in [-0.05, 0) is 12.5 Å². The fraction of sp³-hybridized carbons (Fsp3) is 0.538. The summed E-state index contributed by atoms with van der Waals surface area (Å²) in [6.45, 7) is 3.29. The number of hydrazine groups is 1. The van der Waals surface area contributed by atoms with E-state index in [1.807, 2.05) is 37.3 Å². The summed E-state index contributed by atoms with van der Waals surface area (Å²) in [5.41, 5.74) is 12.4. The molecule has 4 N–H and O–H groups in total. The van der Waals surface area contributed by atoms with Crippen LogP contribution in [0.5, 0.6) is 0 Å². The average Bonchev–Trinajstić information content (AvgIpc) is 2.86. The van der Waals surface area contributed by atoms with E-state index in [1.54, 1.807) is 0 Å². The van der Waals surface area contributed by atoms with Gasteiger partial charge < -0.3 is 5.73 Å². The van der Waals surface area contributed by atoms with Gasteiger partial charge >= 0.3 is 0 Å². The average molecular weight is 335 g/mol. The van der Waals surface area contributed by atoms with Crippen LogP contribution in [0.2, 0.25) is 0 Å². The molecule has 0 spiro atoms. The first-order valence-corrected chi connectivity index (χ1v) is 8.27. The van der Waals surface area contributed by atoms with Gasteiger partial charge in [0, 0.05) is 32.2 Å². The number of nitrogens with one attached hydrogen (secondary N) is 2. The van der Waals surface area contributed by atoms with Crippen LogP contribution in [0.25, 0.3) is 0 Å². The van der Waals surface area contributed by atoms with E-state index >= 15 is 0 Å². The maximum Gasteiger partial charge on any atom is 0.220 e. The predicted molar refractivity (Wildman–Crippen MR) is 86.5 cm³/mol. The van der Waals surface area contributed by atoms with Gasteiger partial charge in [-0.1, -0.05) is 30.3 Å². The summed E-state index contributed by atoms with van der Waals surface area (Å²) in [6.07, 6.45) is 0. The second kappa shape index (κ2) is 8.07. The fourth-order valence-electron chi connectivity index (χ4n) is 2.37. The molecule has 0 aliphatic carbocycles. The Hall–Kier alpha value is -0.700. The van der Waals surface area contributed by atoms with E-state index in [0.717, 1.165) is 5.56 Å². The van der Waals surface area contributed by atoms with Crippen molar-refractivity contribution in [2.75, 3.05) is 19.6 Å². The van der Waals surface area contributed by atoms with Crippen LogP contribution in [0.1, 0.15) is 12.5 Å². The van der Waals surface area contributed by atoms with E-state index in [9.17, 15) is 8.42 Å². The van der Waals surface area contributed by atoms with Crippen molar-refractivity contribution in [2.24, 2.45) is 5.73 Å². The Bertz CT molecular complexity index is 526. The largest absolute Gasteiger partial charge is 0.329 e. The van der Waals surface area contributed by atoms with Crippen LogP contribution >= 0.6 is 12.4 Å². The van der Waals surface area contributed by atoms with E-state index in [-0.39, 0.29) is 18.4 Å². The summed E-state index contributed by atoms with van der Waals surface area (Å²) < 4.78 is 26.9. The Kier molecular flexibility index (Phi) is 7.05. The zero-order valence-electron chi connectivity index (χ0n) is 12.0. The summed E-state index contributed by atoms with van der Waals surface area (Å²) in [5.74, 6) is 0. The van der Waals surface area contributed by atoms with Gasteiger partial charge in [-0.15, -0.1) is 12.4 Å². The van der Waals surface area contributed by atoms with Gasteiger partial charge in [0.15, 0.2) is 0 Å². The lowest BCUT2D eigenvalue weighted by Gasteiger charge is -2.26. The normalized spacial score (nSPS) is 22.2. The van der Waals surface area contributed by atoms with Crippen molar-refractivity contribution in [3.8, 4) is 0 Å². The molecule has 21 heavy (non-hydrogen) atoms. The Morgan fingerprint density at radius 3 is 2.52 bits per heavy atom. The zero-order valence-corrected chi connectivity index (χ0v) is 13.7. The van der Waals surface area contributed by atoms with Crippen LogP contribution in [0, 0.1) is 0 Å². The highest BCUT2D eigenvalue weighted by Gasteiger charge is 2.38. The molecular weight excluding hydrogens is 312 g/mol. The number of sulfonamides is 1. The molecule has 1 aliphatic heterocycles. The highest BCUT2D eigenvalue weighted by molar-refractivity contribution is 7.89. The van der Waals surface area contributed by atoms with Crippen molar-refractivity contribution in [1.29, 1.82) is 0 Å². The van der Waals surface area contributed by atoms with Crippen LogP contribution in [0.4, 0.5) is 0 Å². The van der Waals surface area contributed by atoms with Gasteiger partial charge in [-0.25, -0.2) is 8.42 Å². The molecule has 8 heteroatoms. The van der Waals surface area contributed by atoms with E-state index < -0.39 is 15.3 Å². The molecule has 1 heterocycles. The van der Waals surface area contributed by atoms with E-state index in [2.05, 4.69) is 10.9 Å². The molecule has 1 fully saturated rings. The lowest BCUT2D eigenvalue weighted by molar-refractivity contribution is 0.404. The van der Waals surface area contributed by atoms with Crippen LogP contribution in [0.15, 0.2) is 30.3 Å². The number of nitrogens with zero attached hydrogens (tertiary/aromatic N) is 1. The number of hydrogen-bond acceptors (Lipinski definition) is 5. The molecule has 120 valence electrons. The highest BCUT2D eigenvalue weighted by atomic mass is 35.5. The third-order valence-electron chi connectivity index (χ3n) is 3.51. The summed E-state index contributed by atoms with van der Waals surface area (Å²) in [7, 11) is -3.38. The van der Waals surface area contributed by atoms with Crippen molar-refractivity contribution in [2.45, 2.75) is 24.8 Å². The van der Waals surface area contributed by atoms with Crippen LogP contribution in [-0.4, -0.2) is 43.6 Å². The molecular formula is C13H23ClN4O2S. The minimum Gasteiger partial charge on any atom is -0.329 e. The summed E-state index contributed by atoms with van der Waals surface area (Å²) in [4.78, 5) is 0. The number of hydrogen-bond donors (Lipinski definition) is 3. The first kappa shape index (κ1) is 18.3. The smallest absolute Gasteiger partial charge is 0.220 e. The molecule has 6 nitrogen and oxygen atoms in total. The lowest BCUT2D eigenvalue weighted by Crippen LogP contribution is -2.45. The van der Waals surface area contributed by atoms with Crippen molar-refractivity contribution in [1.82, 2.24) is 15.2 Å². The minimum absolute atomic E-state index is 0. The van der Waals surface area contributed by atoms with Gasteiger partial charge in [-0.2, -0.15) is 4.31 Å². The summed E-state index contributed by atoms with van der Waals surface area (Å²) in [6, 6.07) is 9.46. The minimum atomic E-state index is -3.38. The molecule has 1 aliphatic rings. The van der Waals surface area contributed by atoms with Gasteiger partial charge in [0.05, 0.1) is 0 Å². The molecule has 1 saturated heterocycles. The molecule has 0 bridgehead atoms. The summed E-state index contributed by atoms with van der Waals surface area (Å²) in [5, 5.41) is -0.460. The second-order valence-corrected chi connectivity index (χ2v) is 7.16. The summed E-state index contributed by atoms with van der Waals surface area (Å²) >= 11 is 0. The number of halogens is 1. The Labute approximate surface area is 132 Å². The molecule has 1 aromatic rings. The standard InChI is InChI=1S/C13H22N4O2S.ClH/c1-11-13(9-15-16-11)20(18,19)17(8-7-14)10-12-5-3-2-4-6-12;/h2-6,11,13,15-16H,7-10,14H2,1H3;1H. The third kappa shape index (κ3) is 4.38. The van der Waals surface area contributed by atoms with Crippen molar-refractivity contribution in [3.05, 3.63) is 35.9 Å². The second-order valence-electron chi connectivity index (χ2n) is 5.01. The number of nitrogens with two attached hydrogens (primary N) is 1. The SMILES string of the molecule is CC1NNCC1S(=O)(=O)N(CCN)Cc1ccccc1.Cl. The van der Waals surface area contributed by atoms with E-state index in [1.165, 1.54) is 4.31 Å². The zero-order chi connectivity index (χ0) is 14.6. The predicted octanol–water partition coefficient (Wildman–Crippen LogP) is 0.0638. The molecule has 2 rings (SSSR count). The molecule has 1 aromatic carbocycles. The molecule has 2 atom stereocenters.